The van der Waals surface area contributed by atoms with Crippen LogP contribution in [0.2, 0.25) is 0 Å². The number of anilines is 1. The second-order valence-electron chi connectivity index (χ2n) is 3.14. The van der Waals surface area contributed by atoms with Gasteiger partial charge in [0.05, 0.1) is 6.42 Å². The Hall–Kier alpha value is -1.56. The van der Waals surface area contributed by atoms with E-state index in [0.29, 0.717) is 15.7 Å². The van der Waals surface area contributed by atoms with Crippen LogP contribution < -0.4 is 11.1 Å². The molecule has 0 bridgehead atoms. The summed E-state index contributed by atoms with van der Waals surface area (Å²) in [4.78, 5) is 21.8. The highest BCUT2D eigenvalue weighted by Gasteiger charge is 2.07. The molecule has 0 aromatic heterocycles. The van der Waals surface area contributed by atoms with Gasteiger partial charge in [0.1, 0.15) is 0 Å². The maximum Gasteiger partial charge on any atom is 0.305 e. The van der Waals surface area contributed by atoms with Crippen LogP contribution in [0.25, 0.3) is 0 Å². The first-order valence-electron chi connectivity index (χ1n) is 4.55. The Balaban J connectivity index is 2.59. The quantitative estimate of drug-likeness (QED) is 0.726. The highest BCUT2D eigenvalue weighted by molar-refractivity contribution is 9.10. The Labute approximate surface area is 101 Å². The smallest absolute Gasteiger partial charge is 0.305 e. The summed E-state index contributed by atoms with van der Waals surface area (Å²) in [6.45, 7) is 0.107. The van der Waals surface area contributed by atoms with E-state index in [1.807, 2.05) is 0 Å². The Bertz CT molecular complexity index is 421. The van der Waals surface area contributed by atoms with Crippen molar-refractivity contribution in [1.82, 2.24) is 5.32 Å². The van der Waals surface area contributed by atoms with E-state index in [1.54, 1.807) is 18.2 Å². The second-order valence-corrected chi connectivity index (χ2v) is 3.99. The van der Waals surface area contributed by atoms with Crippen LogP contribution in [0.5, 0.6) is 0 Å². The van der Waals surface area contributed by atoms with Gasteiger partial charge in [0.15, 0.2) is 0 Å². The fourth-order valence-corrected chi connectivity index (χ4v) is 1.43. The predicted octanol–water partition coefficient (Wildman–Crippen LogP) is 1.24. The summed E-state index contributed by atoms with van der Waals surface area (Å²) < 4.78 is 0.637. The summed E-state index contributed by atoms with van der Waals surface area (Å²) in [5.41, 5.74) is 6.55. The SMILES string of the molecule is Nc1ccc(C(=O)NCCC(=O)O)cc1Br. The van der Waals surface area contributed by atoms with Crippen molar-refractivity contribution in [2.45, 2.75) is 6.42 Å². The molecule has 0 saturated carbocycles. The summed E-state index contributed by atoms with van der Waals surface area (Å²) in [5, 5.41) is 10.9. The molecule has 1 amide bonds. The van der Waals surface area contributed by atoms with E-state index in [9.17, 15) is 9.59 Å². The zero-order valence-corrected chi connectivity index (χ0v) is 9.95. The zero-order valence-electron chi connectivity index (χ0n) is 8.37. The molecule has 6 heteroatoms. The van der Waals surface area contributed by atoms with Gasteiger partial charge in [-0.1, -0.05) is 0 Å². The third-order valence-electron chi connectivity index (χ3n) is 1.89. The van der Waals surface area contributed by atoms with E-state index in [1.165, 1.54) is 0 Å². The molecule has 16 heavy (non-hydrogen) atoms. The lowest BCUT2D eigenvalue weighted by molar-refractivity contribution is -0.136. The van der Waals surface area contributed by atoms with Gasteiger partial charge in [0.25, 0.3) is 5.91 Å². The standard InChI is InChI=1S/C10H11BrN2O3/c11-7-5-6(1-2-8(7)12)10(16)13-4-3-9(14)15/h1-2,5H,3-4,12H2,(H,13,16)(H,14,15). The molecule has 86 valence electrons. The number of carbonyl (C=O) groups is 2. The van der Waals surface area contributed by atoms with Crippen LogP contribution in [0, 0.1) is 0 Å². The third kappa shape index (κ3) is 3.54. The Morgan fingerprint density at radius 1 is 1.44 bits per heavy atom. The number of benzene rings is 1. The van der Waals surface area contributed by atoms with Gasteiger partial charge in [-0.25, -0.2) is 0 Å². The number of nitrogen functional groups attached to an aromatic ring is 1. The van der Waals surface area contributed by atoms with Gasteiger partial charge in [0.2, 0.25) is 0 Å². The van der Waals surface area contributed by atoms with Gasteiger partial charge in [-0.15, -0.1) is 0 Å². The molecule has 0 saturated heterocycles. The number of nitrogens with one attached hydrogen (secondary N) is 1. The highest BCUT2D eigenvalue weighted by Crippen LogP contribution is 2.20. The van der Waals surface area contributed by atoms with Crippen LogP contribution in [0.4, 0.5) is 5.69 Å². The minimum atomic E-state index is -0.946. The molecule has 1 aromatic carbocycles. The zero-order chi connectivity index (χ0) is 12.1. The second kappa shape index (κ2) is 5.50. The van der Waals surface area contributed by atoms with E-state index < -0.39 is 5.97 Å². The number of carboxylic acids is 1. The van der Waals surface area contributed by atoms with E-state index >= 15 is 0 Å². The molecule has 0 aliphatic carbocycles. The maximum atomic E-state index is 11.5. The molecule has 0 radical (unpaired) electrons. The Morgan fingerprint density at radius 2 is 2.12 bits per heavy atom. The van der Waals surface area contributed by atoms with Crippen LogP contribution in [0.15, 0.2) is 22.7 Å². The average Bonchev–Trinajstić information content (AvgIpc) is 2.21. The van der Waals surface area contributed by atoms with Gasteiger partial charge in [-0.2, -0.15) is 0 Å². The van der Waals surface area contributed by atoms with Crippen LogP contribution in [-0.2, 0) is 4.79 Å². The molecule has 1 rings (SSSR count). The van der Waals surface area contributed by atoms with Crippen molar-refractivity contribution in [2.24, 2.45) is 0 Å². The third-order valence-corrected chi connectivity index (χ3v) is 2.57. The topological polar surface area (TPSA) is 92.4 Å². The lowest BCUT2D eigenvalue weighted by atomic mass is 10.2. The van der Waals surface area contributed by atoms with E-state index in [0.717, 1.165) is 0 Å². The van der Waals surface area contributed by atoms with Crippen LogP contribution in [0.3, 0.4) is 0 Å². The molecular formula is C10H11BrN2O3. The summed E-state index contributed by atoms with van der Waals surface area (Å²) in [6.07, 6.45) is -0.0954. The van der Waals surface area contributed by atoms with Gasteiger partial charge >= 0.3 is 5.97 Å². The van der Waals surface area contributed by atoms with Crippen molar-refractivity contribution in [2.75, 3.05) is 12.3 Å². The minimum Gasteiger partial charge on any atom is -0.481 e. The van der Waals surface area contributed by atoms with Crippen molar-refractivity contribution in [3.63, 3.8) is 0 Å². The molecule has 0 fully saturated rings. The normalized spacial score (nSPS) is 9.81. The van der Waals surface area contributed by atoms with E-state index in [4.69, 9.17) is 10.8 Å². The van der Waals surface area contributed by atoms with Gasteiger partial charge in [-0.05, 0) is 34.1 Å². The number of amides is 1. The highest BCUT2D eigenvalue weighted by atomic mass is 79.9. The number of hydrogen-bond donors (Lipinski definition) is 3. The van der Waals surface area contributed by atoms with Crippen LogP contribution in [0.1, 0.15) is 16.8 Å². The van der Waals surface area contributed by atoms with Crippen LogP contribution in [-0.4, -0.2) is 23.5 Å². The fourth-order valence-electron chi connectivity index (χ4n) is 1.05. The predicted molar refractivity (Wildman–Crippen MR) is 63.1 cm³/mol. The Kier molecular flexibility index (Phi) is 4.30. The number of halogens is 1. The molecule has 0 aliphatic rings. The summed E-state index contributed by atoms with van der Waals surface area (Å²) in [5.74, 6) is -1.26. The lowest BCUT2D eigenvalue weighted by Crippen LogP contribution is -2.25. The summed E-state index contributed by atoms with van der Waals surface area (Å²) in [7, 11) is 0. The molecule has 5 nitrogen and oxygen atoms in total. The Morgan fingerprint density at radius 3 is 2.69 bits per heavy atom. The molecule has 4 N–H and O–H groups in total. The first-order chi connectivity index (χ1) is 7.50. The van der Waals surface area contributed by atoms with Gasteiger partial charge in [0, 0.05) is 22.3 Å². The number of aliphatic carboxylic acids is 1. The van der Waals surface area contributed by atoms with Crippen molar-refractivity contribution in [1.29, 1.82) is 0 Å². The molecule has 0 spiro atoms. The molecule has 0 unspecified atom stereocenters. The molecule has 0 aliphatic heterocycles. The van der Waals surface area contributed by atoms with Gasteiger partial charge in [-0.3, -0.25) is 9.59 Å². The van der Waals surface area contributed by atoms with E-state index in [-0.39, 0.29) is 18.9 Å². The van der Waals surface area contributed by atoms with Crippen molar-refractivity contribution < 1.29 is 14.7 Å². The monoisotopic (exact) mass is 286 g/mol. The first kappa shape index (κ1) is 12.5. The first-order valence-corrected chi connectivity index (χ1v) is 5.35. The summed E-state index contributed by atoms with van der Waals surface area (Å²) >= 11 is 3.21. The number of carboxylic acid groups (broad SMARTS) is 1. The van der Waals surface area contributed by atoms with E-state index in [2.05, 4.69) is 21.2 Å². The molecule has 0 heterocycles. The lowest BCUT2D eigenvalue weighted by Gasteiger charge is -2.05. The number of hydrogen-bond acceptors (Lipinski definition) is 3. The molecular weight excluding hydrogens is 276 g/mol. The van der Waals surface area contributed by atoms with Crippen molar-refractivity contribution in [3.05, 3.63) is 28.2 Å². The maximum absolute atomic E-state index is 11.5. The fraction of sp³-hybridized carbons (Fsp3) is 0.200. The van der Waals surface area contributed by atoms with Crippen LogP contribution >= 0.6 is 15.9 Å². The van der Waals surface area contributed by atoms with Gasteiger partial charge < -0.3 is 16.2 Å². The van der Waals surface area contributed by atoms with Crippen molar-refractivity contribution in [3.8, 4) is 0 Å². The number of carbonyl (C=O) groups excluding carboxylic acids is 1. The number of rotatable bonds is 4. The average molecular weight is 287 g/mol. The minimum absolute atomic E-state index is 0.0954. The summed E-state index contributed by atoms with van der Waals surface area (Å²) in [6, 6.07) is 4.78. The largest absolute Gasteiger partial charge is 0.481 e. The molecule has 1 aromatic rings. The van der Waals surface area contributed by atoms with Crippen molar-refractivity contribution >= 4 is 33.5 Å². The number of nitrogens with two attached hydrogens (primary N) is 1. The molecule has 0 atom stereocenters.